The molecule has 0 aliphatic rings. The summed E-state index contributed by atoms with van der Waals surface area (Å²) < 4.78 is 5.51. The minimum absolute atomic E-state index is 0.0191. The fourth-order valence-corrected chi connectivity index (χ4v) is 2.16. The Balaban J connectivity index is 2.12. The van der Waals surface area contributed by atoms with Crippen molar-refractivity contribution in [3.63, 3.8) is 0 Å². The maximum Gasteiger partial charge on any atom is 0.303 e. The third kappa shape index (κ3) is 2.93. The van der Waals surface area contributed by atoms with Gasteiger partial charge in [-0.2, -0.15) is 0 Å². The Hall–Kier alpha value is -2.01. The zero-order valence-electron chi connectivity index (χ0n) is 10.9. The van der Waals surface area contributed by atoms with Gasteiger partial charge < -0.3 is 14.8 Å². The first-order valence-corrected chi connectivity index (χ1v) is 6.56. The van der Waals surface area contributed by atoms with Crippen LogP contribution in [0, 0.1) is 6.92 Å². The molecule has 0 aliphatic carbocycles. The van der Waals surface area contributed by atoms with Crippen molar-refractivity contribution in [2.24, 2.45) is 0 Å². The Bertz CT molecular complexity index is 662. The van der Waals surface area contributed by atoms with E-state index in [1.54, 1.807) is 19.1 Å². The summed E-state index contributed by atoms with van der Waals surface area (Å²) in [6.45, 7) is 2.07. The molecule has 1 amide bonds. The average molecular weight is 296 g/mol. The van der Waals surface area contributed by atoms with Crippen LogP contribution in [0.3, 0.4) is 0 Å². The minimum atomic E-state index is -0.883. The molecule has 2 N–H and O–H groups in total. The van der Waals surface area contributed by atoms with Gasteiger partial charge in [0.05, 0.1) is 5.02 Å². The van der Waals surface area contributed by atoms with Crippen LogP contribution in [-0.2, 0) is 4.79 Å². The second-order valence-electron chi connectivity index (χ2n) is 4.43. The van der Waals surface area contributed by atoms with Crippen LogP contribution < -0.4 is 5.32 Å². The third-order valence-electron chi connectivity index (χ3n) is 2.97. The van der Waals surface area contributed by atoms with Crippen LogP contribution in [0.4, 0.5) is 0 Å². The molecule has 0 saturated heterocycles. The summed E-state index contributed by atoms with van der Waals surface area (Å²) in [6.07, 6.45) is 0.395. The minimum Gasteiger partial charge on any atom is -0.481 e. The van der Waals surface area contributed by atoms with Gasteiger partial charge >= 0.3 is 5.97 Å². The van der Waals surface area contributed by atoms with E-state index in [1.165, 1.54) is 0 Å². The largest absolute Gasteiger partial charge is 0.481 e. The fourth-order valence-electron chi connectivity index (χ4n) is 1.95. The first kappa shape index (κ1) is 14.4. The molecule has 20 heavy (non-hydrogen) atoms. The number of carbonyl (C=O) groups is 2. The van der Waals surface area contributed by atoms with E-state index in [1.807, 2.05) is 6.07 Å². The van der Waals surface area contributed by atoms with Gasteiger partial charge in [-0.05, 0) is 19.4 Å². The molecule has 1 aromatic carbocycles. The predicted octanol–water partition coefficient (Wildman–Crippen LogP) is 2.99. The van der Waals surface area contributed by atoms with Crippen molar-refractivity contribution in [3.8, 4) is 0 Å². The van der Waals surface area contributed by atoms with Gasteiger partial charge in [-0.25, -0.2) is 0 Å². The molecule has 0 radical (unpaired) electrons. The van der Waals surface area contributed by atoms with Gasteiger partial charge in [-0.15, -0.1) is 0 Å². The maximum atomic E-state index is 12.0. The van der Waals surface area contributed by atoms with E-state index >= 15 is 0 Å². The van der Waals surface area contributed by atoms with Crippen LogP contribution >= 0.6 is 11.6 Å². The number of rotatable bonds is 5. The lowest BCUT2D eigenvalue weighted by molar-refractivity contribution is -0.137. The molecule has 0 saturated carbocycles. The summed E-state index contributed by atoms with van der Waals surface area (Å²) in [6, 6.07) is 5.32. The number of fused-ring (bicyclic) bond motifs is 1. The number of hydrogen-bond donors (Lipinski definition) is 2. The predicted molar refractivity (Wildman–Crippen MR) is 75.2 cm³/mol. The fraction of sp³-hybridized carbons (Fsp3) is 0.286. The number of nitrogens with one attached hydrogen (secondary N) is 1. The smallest absolute Gasteiger partial charge is 0.303 e. The number of carboxylic acids is 1. The Labute approximate surface area is 120 Å². The number of benzene rings is 1. The highest BCUT2D eigenvalue weighted by atomic mass is 35.5. The highest BCUT2D eigenvalue weighted by Crippen LogP contribution is 2.30. The van der Waals surface area contributed by atoms with Crippen LogP contribution in [0.15, 0.2) is 22.6 Å². The van der Waals surface area contributed by atoms with Gasteiger partial charge in [-0.1, -0.05) is 23.7 Å². The molecule has 2 aromatic rings. The maximum absolute atomic E-state index is 12.0. The van der Waals surface area contributed by atoms with Crippen molar-refractivity contribution in [3.05, 3.63) is 34.5 Å². The number of carbonyl (C=O) groups excluding carboxylic acids is 1. The highest BCUT2D eigenvalue weighted by molar-refractivity contribution is 6.35. The average Bonchev–Trinajstić information content (AvgIpc) is 2.74. The first-order valence-electron chi connectivity index (χ1n) is 6.18. The van der Waals surface area contributed by atoms with E-state index in [0.717, 1.165) is 10.9 Å². The van der Waals surface area contributed by atoms with Crippen molar-refractivity contribution < 1.29 is 19.1 Å². The van der Waals surface area contributed by atoms with Crippen molar-refractivity contribution in [2.75, 3.05) is 6.54 Å². The highest BCUT2D eigenvalue weighted by Gasteiger charge is 2.18. The van der Waals surface area contributed by atoms with Gasteiger partial charge in [0.25, 0.3) is 5.91 Å². The molecule has 0 atom stereocenters. The van der Waals surface area contributed by atoms with Crippen molar-refractivity contribution in [1.29, 1.82) is 0 Å². The summed E-state index contributed by atoms with van der Waals surface area (Å²) in [5, 5.41) is 12.4. The molecule has 0 unspecified atom stereocenters. The van der Waals surface area contributed by atoms with E-state index in [0.29, 0.717) is 17.0 Å². The molecule has 0 bridgehead atoms. The quantitative estimate of drug-likeness (QED) is 0.831. The van der Waals surface area contributed by atoms with E-state index in [9.17, 15) is 9.59 Å². The molecule has 6 heteroatoms. The summed E-state index contributed by atoms with van der Waals surface area (Å²) >= 11 is 6.02. The van der Waals surface area contributed by atoms with Crippen LogP contribution in [0.2, 0.25) is 5.02 Å². The number of furan rings is 1. The summed E-state index contributed by atoms with van der Waals surface area (Å²) in [4.78, 5) is 22.4. The second-order valence-corrected chi connectivity index (χ2v) is 4.83. The monoisotopic (exact) mass is 295 g/mol. The standard InChI is InChI=1S/C14H14ClNO4/c1-8-9-4-2-5-10(15)13(9)20-12(8)14(19)16-7-3-6-11(17)18/h2,4-5H,3,6-7H2,1H3,(H,16,19)(H,17,18). The molecule has 1 aromatic heterocycles. The molecule has 0 aliphatic heterocycles. The number of para-hydroxylation sites is 1. The van der Waals surface area contributed by atoms with E-state index in [4.69, 9.17) is 21.1 Å². The van der Waals surface area contributed by atoms with Gasteiger partial charge in [0.1, 0.15) is 0 Å². The molecule has 0 spiro atoms. The Morgan fingerprint density at radius 2 is 2.15 bits per heavy atom. The lowest BCUT2D eigenvalue weighted by Crippen LogP contribution is -2.25. The second kappa shape index (κ2) is 5.96. The number of carboxylic acid groups (broad SMARTS) is 1. The number of aryl methyl sites for hydroxylation is 1. The molecule has 2 rings (SSSR count). The molecular weight excluding hydrogens is 282 g/mol. The number of aliphatic carboxylic acids is 1. The summed E-state index contributed by atoms with van der Waals surface area (Å²) in [7, 11) is 0. The van der Waals surface area contributed by atoms with E-state index in [2.05, 4.69) is 5.32 Å². The summed E-state index contributed by atoms with van der Waals surface area (Å²) in [5.74, 6) is -1.03. The lowest BCUT2D eigenvalue weighted by atomic mass is 10.1. The summed E-state index contributed by atoms with van der Waals surface area (Å²) in [5.41, 5.74) is 1.21. The lowest BCUT2D eigenvalue weighted by Gasteiger charge is -2.02. The zero-order valence-corrected chi connectivity index (χ0v) is 11.7. The number of hydrogen-bond acceptors (Lipinski definition) is 3. The molecule has 1 heterocycles. The van der Waals surface area contributed by atoms with Crippen LogP contribution in [0.1, 0.15) is 29.0 Å². The normalized spacial score (nSPS) is 10.7. The van der Waals surface area contributed by atoms with Gasteiger partial charge in [0, 0.05) is 23.9 Å². The topological polar surface area (TPSA) is 79.5 Å². The van der Waals surface area contributed by atoms with E-state index in [-0.39, 0.29) is 24.6 Å². The SMILES string of the molecule is Cc1c(C(=O)NCCCC(=O)O)oc2c(Cl)cccc12. The number of amides is 1. The Morgan fingerprint density at radius 3 is 2.80 bits per heavy atom. The Kier molecular flexibility index (Phi) is 4.29. The Morgan fingerprint density at radius 1 is 1.40 bits per heavy atom. The van der Waals surface area contributed by atoms with Gasteiger partial charge in [-0.3, -0.25) is 9.59 Å². The van der Waals surface area contributed by atoms with Gasteiger partial charge in [0.2, 0.25) is 0 Å². The van der Waals surface area contributed by atoms with Crippen molar-refractivity contribution in [1.82, 2.24) is 5.32 Å². The van der Waals surface area contributed by atoms with Crippen molar-refractivity contribution >= 4 is 34.4 Å². The third-order valence-corrected chi connectivity index (χ3v) is 3.27. The van der Waals surface area contributed by atoms with Crippen LogP contribution in [0.25, 0.3) is 11.0 Å². The molecular formula is C14H14ClNO4. The van der Waals surface area contributed by atoms with Crippen molar-refractivity contribution in [2.45, 2.75) is 19.8 Å². The van der Waals surface area contributed by atoms with Gasteiger partial charge in [0.15, 0.2) is 11.3 Å². The molecule has 0 fully saturated rings. The zero-order chi connectivity index (χ0) is 14.7. The van der Waals surface area contributed by atoms with Crippen LogP contribution in [-0.4, -0.2) is 23.5 Å². The van der Waals surface area contributed by atoms with Crippen LogP contribution in [0.5, 0.6) is 0 Å². The first-order chi connectivity index (χ1) is 9.50. The number of halogens is 1. The molecule has 5 nitrogen and oxygen atoms in total. The van der Waals surface area contributed by atoms with E-state index < -0.39 is 5.97 Å². The molecule has 106 valence electrons.